The number of carbonyl (C=O) groups is 2. The number of aliphatic carboxylic acids is 1. The van der Waals surface area contributed by atoms with Crippen LogP contribution in [0.1, 0.15) is 80.6 Å². The molecule has 1 aromatic rings. The second kappa shape index (κ2) is 14.0. The average molecular weight is 376 g/mol. The number of allylic oxidation sites excluding steroid dienone is 1. The number of hydrogen-bond donors (Lipinski definition) is 1. The van der Waals surface area contributed by atoms with E-state index in [1.807, 2.05) is 12.1 Å². The Labute approximate surface area is 163 Å². The van der Waals surface area contributed by atoms with Gasteiger partial charge in [-0.15, -0.1) is 0 Å². The van der Waals surface area contributed by atoms with Crippen molar-refractivity contribution in [2.45, 2.75) is 64.7 Å². The Balaban J connectivity index is 2.41. The molecule has 0 aliphatic carbocycles. The summed E-state index contributed by atoms with van der Waals surface area (Å²) in [6.45, 7) is 2.48. The van der Waals surface area contributed by atoms with Crippen molar-refractivity contribution < 1.29 is 19.5 Å². The standard InChI is InChI=1S/C22H33NO4/c1-3-4-5-6-7-8-9-10-12-19-14-16-20(17-15-19)22(26)23(27-2)18-11-13-21(24)25/h10,12,14-17H,3-9,11,13,18H2,1-2H3,(H,24,25). The van der Waals surface area contributed by atoms with E-state index in [0.717, 1.165) is 12.0 Å². The Morgan fingerprint density at radius 2 is 1.70 bits per heavy atom. The molecule has 0 spiro atoms. The molecule has 0 radical (unpaired) electrons. The number of hydroxylamine groups is 2. The SMILES string of the molecule is CCCCCCCCC=Cc1ccc(C(=O)N(CCCC(=O)O)OC)cc1. The molecule has 1 aromatic carbocycles. The van der Waals surface area contributed by atoms with Crippen LogP contribution in [0.25, 0.3) is 6.08 Å². The molecule has 0 fully saturated rings. The van der Waals surface area contributed by atoms with Gasteiger partial charge in [0.1, 0.15) is 0 Å². The maximum Gasteiger partial charge on any atom is 0.303 e. The summed E-state index contributed by atoms with van der Waals surface area (Å²) in [6.07, 6.45) is 13.5. The highest BCUT2D eigenvalue weighted by Gasteiger charge is 2.15. The summed E-state index contributed by atoms with van der Waals surface area (Å²) < 4.78 is 0. The maximum atomic E-state index is 12.4. The first-order valence-corrected chi connectivity index (χ1v) is 9.92. The van der Waals surface area contributed by atoms with E-state index in [9.17, 15) is 9.59 Å². The molecule has 1 amide bonds. The topological polar surface area (TPSA) is 66.8 Å². The number of carbonyl (C=O) groups excluding carboxylic acids is 1. The monoisotopic (exact) mass is 375 g/mol. The number of amides is 1. The van der Waals surface area contributed by atoms with E-state index in [0.29, 0.717) is 12.0 Å². The van der Waals surface area contributed by atoms with Gasteiger partial charge in [0.05, 0.1) is 7.11 Å². The summed E-state index contributed by atoms with van der Waals surface area (Å²) >= 11 is 0. The van der Waals surface area contributed by atoms with Crippen LogP contribution in [0.2, 0.25) is 0 Å². The van der Waals surface area contributed by atoms with Gasteiger partial charge < -0.3 is 5.11 Å². The Morgan fingerprint density at radius 1 is 1.04 bits per heavy atom. The first kappa shape index (κ1) is 22.9. The third kappa shape index (κ3) is 9.94. The highest BCUT2D eigenvalue weighted by Crippen LogP contribution is 2.12. The lowest BCUT2D eigenvalue weighted by Crippen LogP contribution is -2.31. The highest BCUT2D eigenvalue weighted by atomic mass is 16.7. The lowest BCUT2D eigenvalue weighted by atomic mass is 10.1. The molecule has 27 heavy (non-hydrogen) atoms. The molecular weight excluding hydrogens is 342 g/mol. The fourth-order valence-electron chi connectivity index (χ4n) is 2.79. The van der Waals surface area contributed by atoms with E-state index >= 15 is 0 Å². The van der Waals surface area contributed by atoms with Crippen LogP contribution >= 0.6 is 0 Å². The maximum absolute atomic E-state index is 12.4. The molecule has 5 heteroatoms. The molecule has 0 aliphatic rings. The third-order valence-electron chi connectivity index (χ3n) is 4.39. The number of hydrogen-bond acceptors (Lipinski definition) is 3. The predicted octanol–water partition coefficient (Wildman–Crippen LogP) is 5.32. The third-order valence-corrected chi connectivity index (χ3v) is 4.39. The Kier molecular flexibility index (Phi) is 11.9. The van der Waals surface area contributed by atoms with Crippen molar-refractivity contribution in [3.63, 3.8) is 0 Å². The van der Waals surface area contributed by atoms with Crippen molar-refractivity contribution in [2.75, 3.05) is 13.7 Å². The van der Waals surface area contributed by atoms with E-state index in [-0.39, 0.29) is 18.9 Å². The summed E-state index contributed by atoms with van der Waals surface area (Å²) in [5, 5.41) is 9.89. The Bertz CT molecular complexity index is 580. The fourth-order valence-corrected chi connectivity index (χ4v) is 2.79. The molecule has 0 aromatic heterocycles. The van der Waals surface area contributed by atoms with Crippen molar-refractivity contribution in [1.29, 1.82) is 0 Å². The first-order valence-electron chi connectivity index (χ1n) is 9.92. The molecular formula is C22H33NO4. The quantitative estimate of drug-likeness (QED) is 0.353. The average Bonchev–Trinajstić information content (AvgIpc) is 2.67. The summed E-state index contributed by atoms with van der Waals surface area (Å²) in [4.78, 5) is 28.1. The van der Waals surface area contributed by atoms with Crippen LogP contribution in [0.15, 0.2) is 30.3 Å². The van der Waals surface area contributed by atoms with Crippen LogP contribution in [-0.2, 0) is 9.63 Å². The second-order valence-electron chi connectivity index (χ2n) is 6.67. The van der Waals surface area contributed by atoms with E-state index in [4.69, 9.17) is 9.94 Å². The van der Waals surface area contributed by atoms with Crippen molar-refractivity contribution in [3.05, 3.63) is 41.5 Å². The summed E-state index contributed by atoms with van der Waals surface area (Å²) in [7, 11) is 1.41. The van der Waals surface area contributed by atoms with Gasteiger partial charge in [-0.2, -0.15) is 0 Å². The largest absolute Gasteiger partial charge is 0.481 e. The molecule has 0 atom stereocenters. The van der Waals surface area contributed by atoms with Crippen LogP contribution in [-0.4, -0.2) is 35.7 Å². The highest BCUT2D eigenvalue weighted by molar-refractivity contribution is 5.93. The van der Waals surface area contributed by atoms with Crippen molar-refractivity contribution in [3.8, 4) is 0 Å². The molecule has 0 saturated carbocycles. The fraction of sp³-hybridized carbons (Fsp3) is 0.545. The van der Waals surface area contributed by atoms with E-state index in [1.165, 1.54) is 50.7 Å². The molecule has 0 aliphatic heterocycles. The number of nitrogens with zero attached hydrogens (tertiary/aromatic N) is 1. The minimum absolute atomic E-state index is 0.00940. The zero-order valence-corrected chi connectivity index (χ0v) is 16.7. The number of benzene rings is 1. The van der Waals surface area contributed by atoms with Gasteiger partial charge in [-0.3, -0.25) is 14.4 Å². The molecule has 0 heterocycles. The van der Waals surface area contributed by atoms with Gasteiger partial charge in [-0.1, -0.05) is 63.3 Å². The zero-order chi connectivity index (χ0) is 19.9. The van der Waals surface area contributed by atoms with Gasteiger partial charge in [0.2, 0.25) is 0 Å². The van der Waals surface area contributed by atoms with Crippen LogP contribution in [0, 0.1) is 0 Å². The molecule has 150 valence electrons. The van der Waals surface area contributed by atoms with Crippen molar-refractivity contribution >= 4 is 18.0 Å². The summed E-state index contributed by atoms with van der Waals surface area (Å²) in [5.74, 6) is -1.14. The van der Waals surface area contributed by atoms with Crippen LogP contribution in [0.4, 0.5) is 0 Å². The Morgan fingerprint density at radius 3 is 2.33 bits per heavy atom. The molecule has 1 rings (SSSR count). The minimum atomic E-state index is -0.879. The normalized spacial score (nSPS) is 11.0. The van der Waals surface area contributed by atoms with Crippen molar-refractivity contribution in [1.82, 2.24) is 5.06 Å². The van der Waals surface area contributed by atoms with E-state index in [2.05, 4.69) is 19.1 Å². The zero-order valence-electron chi connectivity index (χ0n) is 16.7. The lowest BCUT2D eigenvalue weighted by Gasteiger charge is -2.19. The number of carboxylic acids is 1. The summed E-state index contributed by atoms with van der Waals surface area (Å²) in [5.41, 5.74) is 1.59. The van der Waals surface area contributed by atoms with Gasteiger partial charge in [-0.05, 0) is 37.0 Å². The van der Waals surface area contributed by atoms with Gasteiger partial charge in [-0.25, -0.2) is 5.06 Å². The van der Waals surface area contributed by atoms with Crippen LogP contribution in [0.5, 0.6) is 0 Å². The van der Waals surface area contributed by atoms with E-state index in [1.54, 1.807) is 12.1 Å². The second-order valence-corrected chi connectivity index (χ2v) is 6.67. The number of unbranched alkanes of at least 4 members (excludes halogenated alkanes) is 6. The number of carboxylic acid groups (broad SMARTS) is 1. The molecule has 5 nitrogen and oxygen atoms in total. The van der Waals surface area contributed by atoms with E-state index < -0.39 is 5.97 Å². The molecule has 1 N–H and O–H groups in total. The first-order chi connectivity index (χ1) is 13.1. The van der Waals surface area contributed by atoms with Gasteiger partial charge >= 0.3 is 5.97 Å². The van der Waals surface area contributed by atoms with Gasteiger partial charge in [0.25, 0.3) is 5.91 Å². The minimum Gasteiger partial charge on any atom is -0.481 e. The van der Waals surface area contributed by atoms with Crippen LogP contribution < -0.4 is 0 Å². The molecule has 0 bridgehead atoms. The van der Waals surface area contributed by atoms with Crippen LogP contribution in [0.3, 0.4) is 0 Å². The molecule has 0 saturated heterocycles. The van der Waals surface area contributed by atoms with Gasteiger partial charge in [0, 0.05) is 18.5 Å². The smallest absolute Gasteiger partial charge is 0.303 e. The summed E-state index contributed by atoms with van der Waals surface area (Å²) in [6, 6.07) is 7.37. The number of rotatable bonds is 14. The lowest BCUT2D eigenvalue weighted by molar-refractivity contribution is -0.138. The van der Waals surface area contributed by atoms with Gasteiger partial charge in [0.15, 0.2) is 0 Å². The van der Waals surface area contributed by atoms with Crippen molar-refractivity contribution in [2.24, 2.45) is 0 Å². The Hall–Kier alpha value is -2.14. The molecule has 0 unspecified atom stereocenters. The predicted molar refractivity (Wildman–Crippen MR) is 108 cm³/mol.